The number of rotatable bonds is 4. The van der Waals surface area contributed by atoms with Crippen LogP contribution in [-0.2, 0) is 23.9 Å². The maximum atomic E-state index is 12.9. The molecule has 8 heteroatoms. The van der Waals surface area contributed by atoms with Crippen LogP contribution in [0.3, 0.4) is 0 Å². The molecule has 3 fully saturated rings. The van der Waals surface area contributed by atoms with E-state index in [0.717, 1.165) is 0 Å². The van der Waals surface area contributed by atoms with Crippen molar-refractivity contribution in [2.24, 2.45) is 5.92 Å². The maximum absolute atomic E-state index is 12.9. The van der Waals surface area contributed by atoms with Gasteiger partial charge >= 0.3 is 11.9 Å². The Labute approximate surface area is 156 Å². The molecule has 2 heterocycles. The summed E-state index contributed by atoms with van der Waals surface area (Å²) < 4.78 is 10.7. The molecule has 3 aliphatic rings. The van der Waals surface area contributed by atoms with Crippen molar-refractivity contribution < 1.29 is 28.8 Å². The fourth-order valence-corrected chi connectivity index (χ4v) is 4.01. The first kappa shape index (κ1) is 19.0. The molecular weight excluding hydrogens is 354 g/mol. The quantitative estimate of drug-likeness (QED) is 0.449. The lowest BCUT2D eigenvalue weighted by Crippen LogP contribution is -2.67. The van der Waals surface area contributed by atoms with E-state index in [1.54, 1.807) is 51.1 Å². The summed E-state index contributed by atoms with van der Waals surface area (Å²) >= 11 is 0. The molecule has 2 aliphatic heterocycles. The highest BCUT2D eigenvalue weighted by atomic mass is 16.6. The molecule has 4 unspecified atom stereocenters. The molecule has 2 saturated heterocycles. The summed E-state index contributed by atoms with van der Waals surface area (Å²) in [7, 11) is 0. The van der Waals surface area contributed by atoms with Gasteiger partial charge in [0.25, 0.3) is 0 Å². The van der Waals surface area contributed by atoms with Gasteiger partial charge in [-0.05, 0) is 26.3 Å². The van der Waals surface area contributed by atoms with Crippen LogP contribution in [0.2, 0.25) is 0 Å². The molecule has 1 aromatic rings. The maximum Gasteiger partial charge on any atom is 0.317 e. The van der Waals surface area contributed by atoms with Gasteiger partial charge in [-0.1, -0.05) is 30.3 Å². The van der Waals surface area contributed by atoms with E-state index in [9.17, 15) is 24.5 Å². The molecule has 0 N–H and O–H groups in total. The van der Waals surface area contributed by atoms with Crippen LogP contribution in [-0.4, -0.2) is 39.9 Å². The lowest BCUT2D eigenvalue weighted by atomic mass is 9.61. The van der Waals surface area contributed by atoms with Crippen molar-refractivity contribution in [3.05, 3.63) is 46.0 Å². The number of ketones is 1. The third-order valence-corrected chi connectivity index (χ3v) is 4.95. The van der Waals surface area contributed by atoms with E-state index >= 15 is 0 Å². The minimum atomic E-state index is -1.92. The molecule has 8 nitrogen and oxygen atoms in total. The molecule has 0 amide bonds. The smallest absolute Gasteiger partial charge is 0.317 e. The Morgan fingerprint density at radius 2 is 1.93 bits per heavy atom. The highest BCUT2D eigenvalue weighted by molar-refractivity contribution is 6.01. The molecule has 4 rings (SSSR count). The molecular formula is C19H21NO7. The Bertz CT molecular complexity index is 798. The summed E-state index contributed by atoms with van der Waals surface area (Å²) in [5.74, 6) is -4.24. The topological polar surface area (TPSA) is 113 Å². The van der Waals surface area contributed by atoms with Crippen LogP contribution in [0.15, 0.2) is 30.3 Å². The Morgan fingerprint density at radius 1 is 1.30 bits per heavy atom. The van der Waals surface area contributed by atoms with Crippen molar-refractivity contribution in [2.45, 2.75) is 56.8 Å². The number of Topliss-reactive ketones (excluding diaryl/α,β-unsaturated/α-hetero) is 1. The minimum Gasteiger partial charge on any atom is -0.460 e. The third kappa shape index (κ3) is 3.31. The lowest BCUT2D eigenvalue weighted by Gasteiger charge is -2.49. The van der Waals surface area contributed by atoms with E-state index < -0.39 is 58.1 Å². The number of nitro groups is 1. The Balaban J connectivity index is 2.10. The van der Waals surface area contributed by atoms with E-state index in [2.05, 4.69) is 0 Å². The third-order valence-electron chi connectivity index (χ3n) is 4.95. The first-order chi connectivity index (χ1) is 12.5. The van der Waals surface area contributed by atoms with E-state index in [1.165, 1.54) is 0 Å². The molecule has 27 heavy (non-hydrogen) atoms. The zero-order chi connectivity index (χ0) is 20.0. The number of hydrogen-bond donors (Lipinski definition) is 0. The van der Waals surface area contributed by atoms with Gasteiger partial charge in [-0.2, -0.15) is 0 Å². The van der Waals surface area contributed by atoms with Crippen molar-refractivity contribution in [3.63, 3.8) is 0 Å². The Morgan fingerprint density at radius 3 is 2.48 bits per heavy atom. The van der Waals surface area contributed by atoms with Gasteiger partial charge in [0, 0.05) is 11.3 Å². The number of carbonyl (C=O) groups is 3. The number of carbonyl (C=O) groups excluding carboxylic acids is 3. The second-order valence-corrected chi connectivity index (χ2v) is 7.97. The normalized spacial score (nSPS) is 30.0. The van der Waals surface area contributed by atoms with Crippen molar-refractivity contribution in [2.75, 3.05) is 0 Å². The van der Waals surface area contributed by atoms with Gasteiger partial charge in [0.1, 0.15) is 17.4 Å². The molecule has 0 aromatic heterocycles. The van der Waals surface area contributed by atoms with Crippen molar-refractivity contribution in [1.29, 1.82) is 0 Å². The zero-order valence-corrected chi connectivity index (χ0v) is 15.3. The van der Waals surface area contributed by atoms with E-state index in [1.807, 2.05) is 0 Å². The van der Waals surface area contributed by atoms with Gasteiger partial charge in [0.05, 0.1) is 6.42 Å². The zero-order valence-electron chi connectivity index (χ0n) is 15.3. The molecule has 1 saturated carbocycles. The minimum absolute atomic E-state index is 0.309. The van der Waals surface area contributed by atoms with E-state index in [4.69, 9.17) is 9.47 Å². The number of fused-ring (bicyclic) bond motifs is 3. The standard InChI is InChI=1S/C19H21NO7/c1-18(2,3)26-14(22)10-19-13(21)9-12(17(23)27-19)16(20(24)25)15(19)11-7-5-4-6-8-11/h4-8,12,15-16H,9-10H2,1-3H3. The summed E-state index contributed by atoms with van der Waals surface area (Å²) in [6.07, 6.45) is -0.859. The highest BCUT2D eigenvalue weighted by Gasteiger charge is 2.70. The van der Waals surface area contributed by atoms with Crippen LogP contribution < -0.4 is 0 Å². The first-order valence-corrected chi connectivity index (χ1v) is 8.71. The number of benzene rings is 1. The molecule has 0 radical (unpaired) electrons. The van der Waals surface area contributed by atoms with Crippen LogP contribution in [0.25, 0.3) is 0 Å². The van der Waals surface area contributed by atoms with Gasteiger partial charge in [-0.25, -0.2) is 0 Å². The van der Waals surface area contributed by atoms with E-state index in [0.29, 0.717) is 5.56 Å². The summed E-state index contributed by atoms with van der Waals surface area (Å²) in [5, 5.41) is 11.8. The number of esters is 2. The molecule has 2 bridgehead atoms. The average molecular weight is 375 g/mol. The average Bonchev–Trinajstić information content (AvgIpc) is 2.54. The Kier molecular flexibility index (Phi) is 4.53. The number of ether oxygens (including phenoxy) is 2. The fraction of sp³-hybridized carbons (Fsp3) is 0.526. The predicted molar refractivity (Wildman–Crippen MR) is 92.4 cm³/mol. The summed E-state index contributed by atoms with van der Waals surface area (Å²) in [6, 6.07) is 7.04. The molecule has 4 atom stereocenters. The van der Waals surface area contributed by atoms with Crippen molar-refractivity contribution in [3.8, 4) is 0 Å². The van der Waals surface area contributed by atoms with Crippen LogP contribution in [0.4, 0.5) is 0 Å². The molecule has 0 spiro atoms. The second kappa shape index (κ2) is 6.44. The number of nitrogens with zero attached hydrogens (tertiary/aromatic N) is 1. The Hall–Kier alpha value is -2.77. The largest absolute Gasteiger partial charge is 0.460 e. The number of hydrogen-bond acceptors (Lipinski definition) is 7. The van der Waals surface area contributed by atoms with Crippen LogP contribution in [0.1, 0.15) is 45.1 Å². The van der Waals surface area contributed by atoms with Gasteiger partial charge in [-0.3, -0.25) is 24.5 Å². The van der Waals surface area contributed by atoms with E-state index in [-0.39, 0.29) is 6.42 Å². The highest BCUT2D eigenvalue weighted by Crippen LogP contribution is 2.51. The van der Waals surface area contributed by atoms with Crippen LogP contribution in [0, 0.1) is 16.0 Å². The van der Waals surface area contributed by atoms with Crippen molar-refractivity contribution >= 4 is 17.7 Å². The summed E-state index contributed by atoms with van der Waals surface area (Å²) in [4.78, 5) is 48.9. The second-order valence-electron chi connectivity index (χ2n) is 7.97. The molecule has 144 valence electrons. The molecule has 1 aromatic carbocycles. The first-order valence-electron chi connectivity index (χ1n) is 8.71. The molecule has 1 aliphatic carbocycles. The van der Waals surface area contributed by atoms with Gasteiger partial charge in [0.2, 0.25) is 6.04 Å². The SMILES string of the molecule is CC(C)(C)OC(=O)CC12OC(=O)C(CC1=O)C([N+](=O)[O-])C2c1ccccc1. The van der Waals surface area contributed by atoms with Crippen molar-refractivity contribution in [1.82, 2.24) is 0 Å². The lowest BCUT2D eigenvalue weighted by molar-refractivity contribution is -0.543. The van der Waals surface area contributed by atoms with Gasteiger partial charge in [-0.15, -0.1) is 0 Å². The summed E-state index contributed by atoms with van der Waals surface area (Å²) in [5.41, 5.74) is -2.25. The van der Waals surface area contributed by atoms with Crippen LogP contribution in [0.5, 0.6) is 0 Å². The fourth-order valence-electron chi connectivity index (χ4n) is 4.01. The van der Waals surface area contributed by atoms with Crippen LogP contribution >= 0.6 is 0 Å². The van der Waals surface area contributed by atoms with Gasteiger partial charge in [0.15, 0.2) is 11.4 Å². The summed E-state index contributed by atoms with van der Waals surface area (Å²) in [6.45, 7) is 5.01. The monoisotopic (exact) mass is 375 g/mol. The predicted octanol–water partition coefficient (Wildman–Crippen LogP) is 2.03. The van der Waals surface area contributed by atoms with Gasteiger partial charge < -0.3 is 9.47 Å².